The molecule has 19 heavy (non-hydrogen) atoms. The third kappa shape index (κ3) is 3.20. The summed E-state index contributed by atoms with van der Waals surface area (Å²) in [6.07, 6.45) is 5.25. The molecule has 0 radical (unpaired) electrons. The summed E-state index contributed by atoms with van der Waals surface area (Å²) < 4.78 is 6.08. The fraction of sp³-hybridized carbons (Fsp3) is 0.556. The minimum absolute atomic E-state index is 0.184. The molecule has 0 spiro atoms. The lowest BCUT2D eigenvalue weighted by atomic mass is 9.81. The molecule has 0 saturated heterocycles. The zero-order chi connectivity index (χ0) is 14.0. The van der Waals surface area contributed by atoms with Gasteiger partial charge in [-0.25, -0.2) is 0 Å². The van der Waals surface area contributed by atoms with Gasteiger partial charge < -0.3 is 4.74 Å². The molecule has 1 saturated carbocycles. The van der Waals surface area contributed by atoms with Gasteiger partial charge in [-0.2, -0.15) is 0 Å². The first-order valence-corrected chi connectivity index (χ1v) is 7.40. The highest BCUT2D eigenvalue weighted by molar-refractivity contribution is 5.64. The Hall–Kier alpha value is -1.24. The van der Waals surface area contributed by atoms with E-state index in [0.29, 0.717) is 6.10 Å². The quantitative estimate of drug-likeness (QED) is 0.692. The maximum atomic E-state index is 6.08. The van der Waals surface area contributed by atoms with E-state index in [-0.39, 0.29) is 5.41 Å². The van der Waals surface area contributed by atoms with E-state index in [2.05, 4.69) is 52.5 Å². The second-order valence-corrected chi connectivity index (χ2v) is 6.43. The van der Waals surface area contributed by atoms with Crippen molar-refractivity contribution in [3.05, 3.63) is 35.9 Å². The van der Waals surface area contributed by atoms with Crippen LogP contribution in [-0.4, -0.2) is 6.10 Å². The van der Waals surface area contributed by atoms with Crippen molar-refractivity contribution in [3.8, 4) is 5.75 Å². The summed E-state index contributed by atoms with van der Waals surface area (Å²) in [7, 11) is 0. The van der Waals surface area contributed by atoms with Crippen LogP contribution in [-0.2, 0) is 5.41 Å². The maximum Gasteiger partial charge on any atom is 0.120 e. The van der Waals surface area contributed by atoms with E-state index in [1.165, 1.54) is 30.4 Å². The van der Waals surface area contributed by atoms with Crippen LogP contribution in [0.25, 0.3) is 5.57 Å². The molecule has 0 aromatic heterocycles. The Kier molecular flexibility index (Phi) is 4.03. The van der Waals surface area contributed by atoms with Crippen LogP contribution in [0, 0.1) is 0 Å². The van der Waals surface area contributed by atoms with Crippen molar-refractivity contribution in [3.63, 3.8) is 0 Å². The molecule has 1 aliphatic rings. The van der Waals surface area contributed by atoms with Crippen LogP contribution in [0.4, 0.5) is 0 Å². The van der Waals surface area contributed by atoms with Gasteiger partial charge in [-0.3, -0.25) is 0 Å². The first-order chi connectivity index (χ1) is 8.92. The van der Waals surface area contributed by atoms with Gasteiger partial charge in [-0.1, -0.05) is 39.0 Å². The van der Waals surface area contributed by atoms with Crippen molar-refractivity contribution < 1.29 is 4.74 Å². The molecule has 1 aliphatic carbocycles. The van der Waals surface area contributed by atoms with Crippen molar-refractivity contribution in [2.45, 2.75) is 64.9 Å². The molecule has 2 rings (SSSR count). The Labute approximate surface area is 117 Å². The maximum absolute atomic E-state index is 6.08. The minimum atomic E-state index is 0.184. The first-order valence-electron chi connectivity index (χ1n) is 7.40. The fourth-order valence-corrected chi connectivity index (χ4v) is 2.19. The summed E-state index contributed by atoms with van der Waals surface area (Å²) in [6, 6.07) is 6.61. The molecule has 0 atom stereocenters. The Morgan fingerprint density at radius 3 is 2.47 bits per heavy atom. The topological polar surface area (TPSA) is 9.23 Å². The third-order valence-electron chi connectivity index (χ3n) is 4.42. The molecule has 1 nitrogen and oxygen atoms in total. The highest BCUT2D eigenvalue weighted by atomic mass is 16.5. The predicted molar refractivity (Wildman–Crippen MR) is 82.7 cm³/mol. The molecule has 0 bridgehead atoms. The van der Waals surface area contributed by atoms with Crippen LogP contribution in [0.3, 0.4) is 0 Å². The monoisotopic (exact) mass is 258 g/mol. The van der Waals surface area contributed by atoms with Crippen molar-refractivity contribution in [2.75, 3.05) is 0 Å². The van der Waals surface area contributed by atoms with E-state index in [9.17, 15) is 0 Å². The molecular formula is C18H26O. The van der Waals surface area contributed by atoms with Gasteiger partial charge in [0.15, 0.2) is 0 Å². The summed E-state index contributed by atoms with van der Waals surface area (Å²) in [5.74, 6) is 1.02. The van der Waals surface area contributed by atoms with Crippen molar-refractivity contribution in [2.24, 2.45) is 0 Å². The van der Waals surface area contributed by atoms with E-state index in [0.717, 1.165) is 17.7 Å². The number of hydrogen-bond acceptors (Lipinski definition) is 1. The normalized spacial score (nSPS) is 16.0. The summed E-state index contributed by atoms with van der Waals surface area (Å²) >= 11 is 0. The second kappa shape index (κ2) is 5.40. The summed E-state index contributed by atoms with van der Waals surface area (Å²) in [4.78, 5) is 0. The highest BCUT2D eigenvalue weighted by Crippen LogP contribution is 2.34. The van der Waals surface area contributed by atoms with Gasteiger partial charge in [0.25, 0.3) is 0 Å². The van der Waals surface area contributed by atoms with Gasteiger partial charge in [-0.15, -0.1) is 0 Å². The Morgan fingerprint density at radius 1 is 1.32 bits per heavy atom. The van der Waals surface area contributed by atoms with Gasteiger partial charge in [0.05, 0.1) is 6.10 Å². The smallest absolute Gasteiger partial charge is 0.120 e. The summed E-state index contributed by atoms with van der Waals surface area (Å²) in [5.41, 5.74) is 3.84. The third-order valence-corrected chi connectivity index (χ3v) is 4.42. The number of benzene rings is 1. The van der Waals surface area contributed by atoms with Crippen LogP contribution in [0.15, 0.2) is 24.8 Å². The molecule has 104 valence electrons. The van der Waals surface area contributed by atoms with Gasteiger partial charge >= 0.3 is 0 Å². The SMILES string of the molecule is C=C(C)c1cc(OC2CCC2)cc(C(C)(C)CC)c1. The van der Waals surface area contributed by atoms with Crippen LogP contribution < -0.4 is 4.74 Å². The molecule has 0 heterocycles. The Balaban J connectivity index is 2.34. The largest absolute Gasteiger partial charge is 0.490 e. The van der Waals surface area contributed by atoms with Gasteiger partial charge in [-0.05, 0) is 61.3 Å². The molecule has 0 aliphatic heterocycles. The van der Waals surface area contributed by atoms with Crippen molar-refractivity contribution in [1.82, 2.24) is 0 Å². The lowest BCUT2D eigenvalue weighted by molar-refractivity contribution is 0.120. The first kappa shape index (κ1) is 14.2. The highest BCUT2D eigenvalue weighted by Gasteiger charge is 2.22. The van der Waals surface area contributed by atoms with E-state index in [4.69, 9.17) is 4.74 Å². The van der Waals surface area contributed by atoms with Crippen LogP contribution in [0.5, 0.6) is 5.75 Å². The average Bonchev–Trinajstić information content (AvgIpc) is 2.33. The minimum Gasteiger partial charge on any atom is -0.490 e. The molecule has 1 aromatic carbocycles. The van der Waals surface area contributed by atoms with Crippen LogP contribution in [0.1, 0.15) is 64.5 Å². The summed E-state index contributed by atoms with van der Waals surface area (Å²) in [5, 5.41) is 0. The number of allylic oxidation sites excluding steroid dienone is 1. The van der Waals surface area contributed by atoms with Gasteiger partial charge in [0, 0.05) is 0 Å². The predicted octanol–water partition coefficient (Wildman–Crippen LogP) is 5.34. The zero-order valence-corrected chi connectivity index (χ0v) is 12.8. The van der Waals surface area contributed by atoms with Crippen molar-refractivity contribution >= 4 is 5.57 Å². The van der Waals surface area contributed by atoms with Gasteiger partial charge in [0.2, 0.25) is 0 Å². The number of ether oxygens (including phenoxy) is 1. The van der Waals surface area contributed by atoms with E-state index >= 15 is 0 Å². The zero-order valence-electron chi connectivity index (χ0n) is 12.8. The van der Waals surface area contributed by atoms with Crippen molar-refractivity contribution in [1.29, 1.82) is 0 Å². The number of hydrogen-bond donors (Lipinski definition) is 0. The van der Waals surface area contributed by atoms with E-state index in [1.54, 1.807) is 0 Å². The lowest BCUT2D eigenvalue weighted by Crippen LogP contribution is -2.25. The molecule has 1 fully saturated rings. The molecular weight excluding hydrogens is 232 g/mol. The number of rotatable bonds is 5. The lowest BCUT2D eigenvalue weighted by Gasteiger charge is -2.29. The van der Waals surface area contributed by atoms with E-state index in [1.807, 2.05) is 0 Å². The second-order valence-electron chi connectivity index (χ2n) is 6.43. The molecule has 0 unspecified atom stereocenters. The summed E-state index contributed by atoms with van der Waals surface area (Å²) in [6.45, 7) is 12.9. The van der Waals surface area contributed by atoms with Crippen LogP contribution in [0.2, 0.25) is 0 Å². The molecule has 1 heteroatoms. The molecule has 0 N–H and O–H groups in total. The molecule has 1 aromatic rings. The standard InChI is InChI=1S/C18H26O/c1-6-18(4,5)15-10-14(13(2)3)11-17(12-15)19-16-8-7-9-16/h10-12,16H,2,6-9H2,1,3-5H3. The van der Waals surface area contributed by atoms with E-state index < -0.39 is 0 Å². The Morgan fingerprint density at radius 2 is 2.00 bits per heavy atom. The van der Waals surface area contributed by atoms with Gasteiger partial charge in [0.1, 0.15) is 5.75 Å². The molecule has 0 amide bonds. The van der Waals surface area contributed by atoms with Crippen LogP contribution >= 0.6 is 0 Å². The Bertz CT molecular complexity index is 467. The average molecular weight is 258 g/mol. The fourth-order valence-electron chi connectivity index (χ4n) is 2.19.